The Balaban J connectivity index is 1.65. The second kappa shape index (κ2) is 8.08. The molecule has 2 aromatic heterocycles. The van der Waals surface area contributed by atoms with Crippen LogP contribution in [-0.4, -0.2) is 20.7 Å². The number of pyridine rings is 1. The highest BCUT2D eigenvalue weighted by Gasteiger charge is 2.11. The number of fused-ring (bicyclic) bond motifs is 1. The minimum atomic E-state index is -0.312. The summed E-state index contributed by atoms with van der Waals surface area (Å²) in [5.41, 5.74) is 4.56. The number of nitrogen functional groups attached to an aromatic ring is 1. The molecule has 7 heteroatoms. The number of hydrogen-bond donors (Lipinski definition) is 2. The molecule has 0 atom stereocenters. The van der Waals surface area contributed by atoms with Crippen LogP contribution >= 0.6 is 11.8 Å². The maximum absolute atomic E-state index is 12.0. The van der Waals surface area contributed by atoms with E-state index in [4.69, 9.17) is 5.84 Å². The third kappa shape index (κ3) is 3.80. The van der Waals surface area contributed by atoms with E-state index >= 15 is 0 Å². The molecule has 0 aliphatic carbocycles. The van der Waals surface area contributed by atoms with Gasteiger partial charge in [0.25, 0.3) is 5.91 Å². The largest absolute Gasteiger partial charge is 0.290 e. The lowest BCUT2D eigenvalue weighted by atomic mass is 10.2. The third-order valence-electron chi connectivity index (χ3n) is 4.13. The molecule has 0 spiro atoms. The molecule has 0 aliphatic rings. The quantitative estimate of drug-likeness (QED) is 0.309. The van der Waals surface area contributed by atoms with Gasteiger partial charge in [-0.2, -0.15) is 5.10 Å². The van der Waals surface area contributed by atoms with Crippen LogP contribution in [0.3, 0.4) is 0 Å². The van der Waals surface area contributed by atoms with Crippen molar-refractivity contribution in [1.82, 2.24) is 20.2 Å². The molecular formula is C21H17N5OS. The number of amides is 1. The summed E-state index contributed by atoms with van der Waals surface area (Å²) in [7, 11) is 0. The van der Waals surface area contributed by atoms with Crippen LogP contribution in [0.1, 0.15) is 16.1 Å². The molecule has 0 fully saturated rings. The average molecular weight is 387 g/mol. The Morgan fingerprint density at radius 1 is 1.11 bits per heavy atom. The summed E-state index contributed by atoms with van der Waals surface area (Å²) in [5.74, 6) is 4.98. The zero-order valence-electron chi connectivity index (χ0n) is 14.8. The molecule has 0 aliphatic heterocycles. The highest BCUT2D eigenvalue weighted by molar-refractivity contribution is 7.99. The van der Waals surface area contributed by atoms with Gasteiger partial charge in [0.2, 0.25) is 0 Å². The standard InChI is InChI=1S/C21H17N5OS/c22-25-21(27)18-6-1-2-7-20(18)28-17-9-8-15-14-24-26(19(15)13-17)12-10-16-5-3-4-11-23-16/h1-14H,22H2,(H,25,27). The van der Waals surface area contributed by atoms with Crippen molar-refractivity contribution in [3.05, 3.63) is 84.3 Å². The summed E-state index contributed by atoms with van der Waals surface area (Å²) in [6.07, 6.45) is 7.37. The average Bonchev–Trinajstić information content (AvgIpc) is 3.15. The molecule has 6 nitrogen and oxygen atoms in total. The second-order valence-electron chi connectivity index (χ2n) is 5.95. The molecular weight excluding hydrogens is 370 g/mol. The van der Waals surface area contributed by atoms with Crippen LogP contribution in [0.5, 0.6) is 0 Å². The summed E-state index contributed by atoms with van der Waals surface area (Å²) in [4.78, 5) is 18.1. The van der Waals surface area contributed by atoms with Gasteiger partial charge in [-0.1, -0.05) is 36.0 Å². The van der Waals surface area contributed by atoms with Crippen LogP contribution in [0.25, 0.3) is 23.2 Å². The molecule has 2 heterocycles. The first-order chi connectivity index (χ1) is 13.7. The molecule has 4 aromatic rings. The second-order valence-corrected chi connectivity index (χ2v) is 7.07. The van der Waals surface area contributed by atoms with Crippen molar-refractivity contribution in [3.63, 3.8) is 0 Å². The SMILES string of the molecule is NNC(=O)c1ccccc1Sc1ccc2cnn(C=Cc3ccccn3)c2c1. The number of nitrogens with two attached hydrogens (primary N) is 1. The van der Waals surface area contributed by atoms with Crippen molar-refractivity contribution in [1.29, 1.82) is 0 Å². The number of hydrazine groups is 1. The molecule has 138 valence electrons. The van der Waals surface area contributed by atoms with Crippen molar-refractivity contribution in [2.75, 3.05) is 0 Å². The minimum absolute atomic E-state index is 0.312. The van der Waals surface area contributed by atoms with Gasteiger partial charge in [-0.05, 0) is 42.5 Å². The number of aromatic nitrogens is 3. The highest BCUT2D eigenvalue weighted by Crippen LogP contribution is 2.32. The Bertz CT molecular complexity index is 1150. The monoisotopic (exact) mass is 387 g/mol. The van der Waals surface area contributed by atoms with Crippen LogP contribution < -0.4 is 11.3 Å². The summed E-state index contributed by atoms with van der Waals surface area (Å²) in [6.45, 7) is 0. The fourth-order valence-corrected chi connectivity index (χ4v) is 3.75. The molecule has 0 radical (unpaired) electrons. The number of nitrogens with zero attached hydrogens (tertiary/aromatic N) is 3. The number of hydrogen-bond acceptors (Lipinski definition) is 5. The smallest absolute Gasteiger partial charge is 0.266 e. The molecule has 1 amide bonds. The third-order valence-corrected chi connectivity index (χ3v) is 5.20. The van der Waals surface area contributed by atoms with Crippen LogP contribution in [0.15, 0.2) is 82.8 Å². The van der Waals surface area contributed by atoms with Gasteiger partial charge in [-0.25, -0.2) is 10.5 Å². The number of rotatable bonds is 5. The van der Waals surface area contributed by atoms with E-state index < -0.39 is 0 Å². The summed E-state index contributed by atoms with van der Waals surface area (Å²) in [5, 5.41) is 5.46. The van der Waals surface area contributed by atoms with Crippen molar-refractivity contribution < 1.29 is 4.79 Å². The topological polar surface area (TPSA) is 85.8 Å². The highest BCUT2D eigenvalue weighted by atomic mass is 32.2. The first kappa shape index (κ1) is 18.0. The lowest BCUT2D eigenvalue weighted by Crippen LogP contribution is -2.30. The Labute approximate surface area is 166 Å². The van der Waals surface area contributed by atoms with Gasteiger partial charge in [0, 0.05) is 27.6 Å². The van der Waals surface area contributed by atoms with Crippen LogP contribution in [0.4, 0.5) is 0 Å². The normalized spacial score (nSPS) is 11.2. The molecule has 3 N–H and O–H groups in total. The van der Waals surface area contributed by atoms with Gasteiger partial charge in [0.15, 0.2) is 0 Å². The van der Waals surface area contributed by atoms with Gasteiger partial charge in [0.05, 0.1) is 23.0 Å². The maximum Gasteiger partial charge on any atom is 0.266 e. The number of benzene rings is 2. The van der Waals surface area contributed by atoms with Crippen molar-refractivity contribution in [2.45, 2.75) is 9.79 Å². The van der Waals surface area contributed by atoms with Crippen molar-refractivity contribution in [3.8, 4) is 0 Å². The molecule has 0 saturated heterocycles. The fourth-order valence-electron chi connectivity index (χ4n) is 2.77. The number of carbonyl (C=O) groups is 1. The molecule has 0 unspecified atom stereocenters. The van der Waals surface area contributed by atoms with Gasteiger partial charge in [0.1, 0.15) is 0 Å². The van der Waals surface area contributed by atoms with Crippen LogP contribution in [-0.2, 0) is 0 Å². The lowest BCUT2D eigenvalue weighted by Gasteiger charge is -2.08. The van der Waals surface area contributed by atoms with Crippen LogP contribution in [0.2, 0.25) is 0 Å². The Morgan fingerprint density at radius 3 is 2.79 bits per heavy atom. The van der Waals surface area contributed by atoms with E-state index in [1.807, 2.05) is 77.8 Å². The summed E-state index contributed by atoms with van der Waals surface area (Å²) >= 11 is 1.51. The van der Waals surface area contributed by atoms with E-state index in [0.717, 1.165) is 26.4 Å². The van der Waals surface area contributed by atoms with E-state index in [0.29, 0.717) is 5.56 Å². The fraction of sp³-hybridized carbons (Fsp3) is 0. The van der Waals surface area contributed by atoms with Crippen LogP contribution in [0, 0.1) is 0 Å². The Hall–Kier alpha value is -3.42. The Kier molecular flexibility index (Phi) is 5.18. The van der Waals surface area contributed by atoms with E-state index in [2.05, 4.69) is 15.5 Å². The van der Waals surface area contributed by atoms with Crippen molar-refractivity contribution in [2.24, 2.45) is 5.84 Å². The van der Waals surface area contributed by atoms with Gasteiger partial charge < -0.3 is 0 Å². The zero-order valence-corrected chi connectivity index (χ0v) is 15.6. The van der Waals surface area contributed by atoms with E-state index in [9.17, 15) is 4.79 Å². The molecule has 0 saturated carbocycles. The van der Waals surface area contributed by atoms with E-state index in [1.165, 1.54) is 11.8 Å². The van der Waals surface area contributed by atoms with E-state index in [1.54, 1.807) is 12.3 Å². The molecule has 0 bridgehead atoms. The summed E-state index contributed by atoms with van der Waals surface area (Å²) in [6, 6.07) is 19.2. The van der Waals surface area contributed by atoms with Gasteiger partial charge in [-0.15, -0.1) is 0 Å². The lowest BCUT2D eigenvalue weighted by molar-refractivity contribution is 0.0950. The van der Waals surface area contributed by atoms with Gasteiger partial charge in [-0.3, -0.25) is 15.2 Å². The number of nitrogens with one attached hydrogen (secondary N) is 1. The predicted molar refractivity (Wildman–Crippen MR) is 111 cm³/mol. The molecule has 28 heavy (non-hydrogen) atoms. The number of carbonyl (C=O) groups excluding carboxylic acids is 1. The first-order valence-corrected chi connectivity index (χ1v) is 9.40. The molecule has 2 aromatic carbocycles. The molecule has 4 rings (SSSR count). The predicted octanol–water partition coefficient (Wildman–Crippen LogP) is 3.81. The summed E-state index contributed by atoms with van der Waals surface area (Å²) < 4.78 is 1.81. The Morgan fingerprint density at radius 2 is 1.96 bits per heavy atom. The van der Waals surface area contributed by atoms with Crippen molar-refractivity contribution >= 4 is 40.8 Å². The van der Waals surface area contributed by atoms with E-state index in [-0.39, 0.29) is 5.91 Å². The maximum atomic E-state index is 12.0. The van der Waals surface area contributed by atoms with Gasteiger partial charge >= 0.3 is 0 Å². The first-order valence-electron chi connectivity index (χ1n) is 8.59. The minimum Gasteiger partial charge on any atom is -0.290 e. The zero-order chi connectivity index (χ0) is 19.3.